The second kappa shape index (κ2) is 8.39. The first-order valence-electron chi connectivity index (χ1n) is 7.63. The molecule has 3 rings (SSSR count). The molecule has 130 valence electrons. The first kappa shape index (κ1) is 17.1. The highest BCUT2D eigenvalue weighted by atomic mass is 32.2. The maximum Gasteiger partial charge on any atom is 0.277 e. The van der Waals surface area contributed by atoms with Crippen LogP contribution in [0.2, 0.25) is 0 Å². The quantitative estimate of drug-likeness (QED) is 0.618. The number of amides is 1. The highest BCUT2D eigenvalue weighted by molar-refractivity contribution is 7.99. The molecule has 1 amide bonds. The van der Waals surface area contributed by atoms with Crippen LogP contribution >= 0.6 is 11.8 Å². The van der Waals surface area contributed by atoms with Crippen molar-refractivity contribution in [2.45, 2.75) is 25.3 Å². The molecule has 25 heavy (non-hydrogen) atoms. The van der Waals surface area contributed by atoms with Gasteiger partial charge in [-0.05, 0) is 36.8 Å². The lowest BCUT2D eigenvalue weighted by Gasteiger charge is -2.03. The molecule has 7 nitrogen and oxygen atoms in total. The summed E-state index contributed by atoms with van der Waals surface area (Å²) in [5, 5.41) is 10.9. The summed E-state index contributed by atoms with van der Waals surface area (Å²) in [7, 11) is 0. The number of rotatable bonds is 8. The summed E-state index contributed by atoms with van der Waals surface area (Å²) in [6.45, 7) is 2.53. The number of ether oxygens (including phenoxy) is 1. The van der Waals surface area contributed by atoms with Crippen LogP contribution in [-0.4, -0.2) is 21.9 Å². The first-order chi connectivity index (χ1) is 12.2. The number of nitrogens with zero attached hydrogens (tertiary/aromatic N) is 2. The van der Waals surface area contributed by atoms with Gasteiger partial charge in [-0.15, -0.1) is 10.2 Å². The van der Waals surface area contributed by atoms with Gasteiger partial charge in [0.25, 0.3) is 11.1 Å². The molecule has 0 spiro atoms. The highest BCUT2D eigenvalue weighted by Crippen LogP contribution is 2.18. The van der Waals surface area contributed by atoms with E-state index in [4.69, 9.17) is 13.6 Å². The summed E-state index contributed by atoms with van der Waals surface area (Å²) in [6.07, 6.45) is 1.56. The number of hydrogen-bond acceptors (Lipinski definition) is 7. The molecule has 0 saturated carbocycles. The van der Waals surface area contributed by atoms with Crippen molar-refractivity contribution < 1.29 is 18.4 Å². The number of nitrogens with one attached hydrogen (secondary N) is 1. The van der Waals surface area contributed by atoms with Crippen molar-refractivity contribution in [3.05, 3.63) is 59.9 Å². The van der Waals surface area contributed by atoms with Crippen molar-refractivity contribution in [3.63, 3.8) is 0 Å². The molecule has 3 aromatic rings. The zero-order valence-electron chi connectivity index (χ0n) is 13.6. The summed E-state index contributed by atoms with van der Waals surface area (Å²) in [5.74, 6) is 1.84. The van der Waals surface area contributed by atoms with Crippen molar-refractivity contribution >= 4 is 17.7 Å². The molecule has 0 aliphatic heterocycles. The first-order valence-corrected chi connectivity index (χ1v) is 8.61. The Bertz CT molecular complexity index is 817. The number of thioether (sulfide) groups is 1. The molecule has 8 heteroatoms. The highest BCUT2D eigenvalue weighted by Gasteiger charge is 2.10. The number of carbonyl (C=O) groups is 1. The molecule has 0 aliphatic carbocycles. The molecule has 2 heterocycles. The van der Waals surface area contributed by atoms with Gasteiger partial charge < -0.3 is 18.9 Å². The Kier molecular flexibility index (Phi) is 5.73. The SMILES string of the molecule is Cc1cccc(OCc2nnc(SCC(=O)NCc3ccco3)o2)c1. The third-order valence-electron chi connectivity index (χ3n) is 3.17. The minimum atomic E-state index is -0.142. The van der Waals surface area contributed by atoms with E-state index < -0.39 is 0 Å². The lowest BCUT2D eigenvalue weighted by Crippen LogP contribution is -2.24. The van der Waals surface area contributed by atoms with Gasteiger partial charge in [0.15, 0.2) is 6.61 Å². The standard InChI is InChI=1S/C17H17N3O4S/c1-12-4-2-5-13(8-12)23-10-16-19-20-17(24-16)25-11-15(21)18-9-14-6-3-7-22-14/h2-8H,9-11H2,1H3,(H,18,21). The molecule has 0 aliphatic rings. The molecule has 0 unspecified atom stereocenters. The average Bonchev–Trinajstić information content (AvgIpc) is 3.28. The third kappa shape index (κ3) is 5.39. The summed E-state index contributed by atoms with van der Waals surface area (Å²) in [6, 6.07) is 11.3. The number of benzene rings is 1. The zero-order valence-corrected chi connectivity index (χ0v) is 14.4. The fourth-order valence-electron chi connectivity index (χ4n) is 1.98. The fourth-order valence-corrected chi connectivity index (χ4v) is 2.59. The second-order valence-electron chi connectivity index (χ2n) is 5.21. The maximum absolute atomic E-state index is 11.8. The Morgan fingerprint density at radius 1 is 1.28 bits per heavy atom. The summed E-state index contributed by atoms with van der Waals surface area (Å²) in [5.41, 5.74) is 1.11. The number of hydrogen-bond donors (Lipinski definition) is 1. The van der Waals surface area contributed by atoms with Crippen LogP contribution in [-0.2, 0) is 17.9 Å². The van der Waals surface area contributed by atoms with Crippen LogP contribution in [0.3, 0.4) is 0 Å². The molecule has 0 saturated heterocycles. The van der Waals surface area contributed by atoms with Gasteiger partial charge in [-0.2, -0.15) is 0 Å². The Balaban J connectivity index is 1.41. The van der Waals surface area contributed by atoms with Gasteiger partial charge >= 0.3 is 0 Å². The molecule has 0 atom stereocenters. The van der Waals surface area contributed by atoms with E-state index in [2.05, 4.69) is 15.5 Å². The lowest BCUT2D eigenvalue weighted by atomic mass is 10.2. The van der Waals surface area contributed by atoms with E-state index >= 15 is 0 Å². The van der Waals surface area contributed by atoms with Crippen molar-refractivity contribution in [3.8, 4) is 5.75 Å². The molecule has 0 bridgehead atoms. The van der Waals surface area contributed by atoms with Crippen LogP contribution < -0.4 is 10.1 Å². The van der Waals surface area contributed by atoms with Crippen LogP contribution in [0.1, 0.15) is 17.2 Å². The number of aromatic nitrogens is 2. The van der Waals surface area contributed by atoms with Gasteiger partial charge in [0.2, 0.25) is 5.91 Å². The van der Waals surface area contributed by atoms with Gasteiger partial charge in [-0.1, -0.05) is 23.9 Å². The molecule has 1 N–H and O–H groups in total. The molecule has 1 aromatic carbocycles. The van der Waals surface area contributed by atoms with E-state index in [1.54, 1.807) is 18.4 Å². The minimum Gasteiger partial charge on any atom is -0.484 e. The van der Waals surface area contributed by atoms with E-state index in [0.717, 1.165) is 11.3 Å². The van der Waals surface area contributed by atoms with Crippen LogP contribution in [0.5, 0.6) is 5.75 Å². The Labute approximate surface area is 148 Å². The van der Waals surface area contributed by atoms with E-state index in [1.807, 2.05) is 31.2 Å². The van der Waals surface area contributed by atoms with E-state index in [9.17, 15) is 4.79 Å². The molecule has 2 aromatic heterocycles. The molecular weight excluding hydrogens is 342 g/mol. The van der Waals surface area contributed by atoms with Crippen LogP contribution in [0.4, 0.5) is 0 Å². The predicted octanol–water partition coefficient (Wildman–Crippen LogP) is 2.96. The van der Waals surface area contributed by atoms with Gasteiger partial charge in [0.1, 0.15) is 11.5 Å². The normalized spacial score (nSPS) is 10.6. The zero-order chi connectivity index (χ0) is 17.5. The van der Waals surface area contributed by atoms with Gasteiger partial charge in [-0.25, -0.2) is 0 Å². The number of furan rings is 1. The monoisotopic (exact) mass is 359 g/mol. The van der Waals surface area contributed by atoms with Crippen molar-refractivity contribution in [2.24, 2.45) is 0 Å². The van der Waals surface area contributed by atoms with Crippen molar-refractivity contribution in [2.75, 3.05) is 5.75 Å². The average molecular weight is 359 g/mol. The second-order valence-corrected chi connectivity index (χ2v) is 6.14. The van der Waals surface area contributed by atoms with Crippen molar-refractivity contribution in [1.29, 1.82) is 0 Å². The summed E-state index contributed by atoms with van der Waals surface area (Å²) >= 11 is 1.17. The van der Waals surface area contributed by atoms with Gasteiger partial charge in [0, 0.05) is 0 Å². The minimum absolute atomic E-state index is 0.142. The van der Waals surface area contributed by atoms with Crippen LogP contribution in [0.25, 0.3) is 0 Å². The fraction of sp³-hybridized carbons (Fsp3) is 0.235. The topological polar surface area (TPSA) is 90.4 Å². The van der Waals surface area contributed by atoms with Crippen molar-refractivity contribution in [1.82, 2.24) is 15.5 Å². The van der Waals surface area contributed by atoms with Gasteiger partial charge in [0.05, 0.1) is 18.6 Å². The van der Waals surface area contributed by atoms with Gasteiger partial charge in [-0.3, -0.25) is 4.79 Å². The smallest absolute Gasteiger partial charge is 0.277 e. The lowest BCUT2D eigenvalue weighted by molar-refractivity contribution is -0.118. The maximum atomic E-state index is 11.8. The van der Waals surface area contributed by atoms with E-state index in [1.165, 1.54) is 11.8 Å². The number of aryl methyl sites for hydroxylation is 1. The summed E-state index contributed by atoms with van der Waals surface area (Å²) in [4.78, 5) is 11.8. The largest absolute Gasteiger partial charge is 0.484 e. The van der Waals surface area contributed by atoms with E-state index in [0.29, 0.717) is 23.4 Å². The summed E-state index contributed by atoms with van der Waals surface area (Å²) < 4.78 is 16.2. The number of carbonyl (C=O) groups excluding carboxylic acids is 1. The Morgan fingerprint density at radius 2 is 2.20 bits per heavy atom. The predicted molar refractivity (Wildman–Crippen MR) is 91.1 cm³/mol. The van der Waals surface area contributed by atoms with Crippen LogP contribution in [0, 0.1) is 6.92 Å². The molecule has 0 radical (unpaired) electrons. The Hall–Kier alpha value is -2.74. The third-order valence-corrected chi connectivity index (χ3v) is 3.99. The molecular formula is C17H17N3O4S. The molecule has 0 fully saturated rings. The van der Waals surface area contributed by atoms with Crippen LogP contribution in [0.15, 0.2) is 56.7 Å². The Morgan fingerprint density at radius 3 is 3.00 bits per heavy atom. The van der Waals surface area contributed by atoms with E-state index in [-0.39, 0.29) is 18.3 Å².